The summed E-state index contributed by atoms with van der Waals surface area (Å²) in [5, 5.41) is 0. The number of piperidine rings is 2. The summed E-state index contributed by atoms with van der Waals surface area (Å²) >= 11 is 0. The molecule has 2 heteroatoms. The first-order valence-electron chi connectivity index (χ1n) is 5.12. The van der Waals surface area contributed by atoms with Gasteiger partial charge >= 0.3 is 0 Å². The number of fused-ring (bicyclic) bond motifs is 4. The van der Waals surface area contributed by atoms with Gasteiger partial charge in [0, 0.05) is 24.2 Å². The molecule has 2 aliphatic carbocycles. The highest BCUT2D eigenvalue weighted by Gasteiger charge is 2.71. The van der Waals surface area contributed by atoms with E-state index >= 15 is 0 Å². The van der Waals surface area contributed by atoms with Crippen molar-refractivity contribution in [1.82, 2.24) is 0 Å². The molecule has 1 nitrogen and oxygen atoms in total. The number of nitrogens with zero attached hydrogens (tertiary/aromatic N) is 1. The van der Waals surface area contributed by atoms with Crippen LogP contribution < -0.4 is 24.0 Å². The third kappa shape index (κ3) is 0.606. The van der Waals surface area contributed by atoms with Gasteiger partial charge < -0.3 is 28.5 Å². The zero-order valence-corrected chi connectivity index (χ0v) is 9.70. The van der Waals surface area contributed by atoms with Crippen LogP contribution in [0.5, 0.6) is 0 Å². The Morgan fingerprint density at radius 2 is 1.75 bits per heavy atom. The first kappa shape index (κ1) is 8.04. The molecule has 2 heterocycles. The molecule has 2 saturated carbocycles. The fraction of sp³-hybridized carbons (Fsp3) is 1.00. The quantitative estimate of drug-likeness (QED) is 0.359. The van der Waals surface area contributed by atoms with Crippen molar-refractivity contribution in [3.05, 3.63) is 0 Å². The third-order valence-corrected chi connectivity index (χ3v) is 5.38. The largest absolute Gasteiger partial charge is 1.00 e. The lowest BCUT2D eigenvalue weighted by molar-refractivity contribution is -0.920. The first-order chi connectivity index (χ1) is 5.28. The van der Waals surface area contributed by atoms with Crippen LogP contribution in [-0.4, -0.2) is 30.7 Å². The Morgan fingerprint density at radius 3 is 2.33 bits per heavy atom. The van der Waals surface area contributed by atoms with Crippen molar-refractivity contribution >= 4 is 0 Å². The predicted molar refractivity (Wildman–Crippen MR) is 42.9 cm³/mol. The van der Waals surface area contributed by atoms with Gasteiger partial charge in [0.05, 0.1) is 26.2 Å². The van der Waals surface area contributed by atoms with E-state index in [1.165, 1.54) is 28.2 Å². The fourth-order valence-electron chi connectivity index (χ4n) is 5.15. The van der Waals surface area contributed by atoms with Crippen molar-refractivity contribution in [3.63, 3.8) is 0 Å². The number of halogens is 1. The van der Waals surface area contributed by atoms with Gasteiger partial charge in [0.25, 0.3) is 0 Å². The van der Waals surface area contributed by atoms with Gasteiger partial charge in [0.15, 0.2) is 0 Å². The minimum absolute atomic E-state index is 0. The molecule has 6 unspecified atom stereocenters. The maximum absolute atomic E-state index is 2.51. The smallest absolute Gasteiger partial charge is 0.0924 e. The zero-order chi connectivity index (χ0) is 7.22. The molecule has 0 radical (unpaired) electrons. The SMILES string of the molecule is C[N+]12CC3C4CC(C3C1)C2C4.[I-]. The lowest BCUT2D eigenvalue weighted by atomic mass is 9.78. The molecule has 4 rings (SSSR count). The standard InChI is InChI=1S/C10H16N.HI/c1-11-4-8-6-2-7(9(8)5-11)10(11)3-6;/h6-10H,2-5H2,1H3;1H/q+1;/p-1. The molecule has 4 aliphatic rings. The topological polar surface area (TPSA) is 0 Å². The van der Waals surface area contributed by atoms with Gasteiger partial charge in [-0.3, -0.25) is 0 Å². The van der Waals surface area contributed by atoms with E-state index in [4.69, 9.17) is 0 Å². The summed E-state index contributed by atoms with van der Waals surface area (Å²) in [6, 6.07) is 1.12. The number of hydrogen-bond acceptors (Lipinski definition) is 0. The first-order valence-corrected chi connectivity index (χ1v) is 5.12. The van der Waals surface area contributed by atoms with Crippen molar-refractivity contribution in [2.45, 2.75) is 18.9 Å². The fourth-order valence-corrected chi connectivity index (χ4v) is 5.15. The van der Waals surface area contributed by atoms with E-state index in [1.807, 2.05) is 0 Å². The van der Waals surface area contributed by atoms with Crippen LogP contribution in [0.3, 0.4) is 0 Å². The summed E-state index contributed by atoms with van der Waals surface area (Å²) in [6.07, 6.45) is 3.22. The maximum atomic E-state index is 2.51. The molecule has 4 bridgehead atoms. The van der Waals surface area contributed by atoms with Crippen LogP contribution in [0.15, 0.2) is 0 Å². The van der Waals surface area contributed by atoms with Gasteiger partial charge in [-0.05, 0) is 12.3 Å². The van der Waals surface area contributed by atoms with Crippen molar-refractivity contribution in [2.24, 2.45) is 23.7 Å². The van der Waals surface area contributed by atoms with Crippen LogP contribution in [0, 0.1) is 23.7 Å². The average Bonchev–Trinajstić information content (AvgIpc) is 2.52. The molecule has 2 saturated heterocycles. The van der Waals surface area contributed by atoms with Crippen molar-refractivity contribution < 1.29 is 28.5 Å². The second kappa shape index (κ2) is 2.02. The highest BCUT2D eigenvalue weighted by molar-refractivity contribution is 5.09. The monoisotopic (exact) mass is 277 g/mol. The summed E-state index contributed by atoms with van der Waals surface area (Å²) in [7, 11) is 2.51. The number of quaternary nitrogens is 1. The third-order valence-electron chi connectivity index (χ3n) is 5.38. The molecule has 4 fully saturated rings. The van der Waals surface area contributed by atoms with E-state index in [0.717, 1.165) is 6.04 Å². The Bertz CT molecular complexity index is 231. The summed E-state index contributed by atoms with van der Waals surface area (Å²) < 4.78 is 1.48. The van der Waals surface area contributed by atoms with Gasteiger partial charge in [-0.15, -0.1) is 0 Å². The highest BCUT2D eigenvalue weighted by atomic mass is 127. The molecular weight excluding hydrogens is 261 g/mol. The summed E-state index contributed by atoms with van der Waals surface area (Å²) in [5.41, 5.74) is 0. The van der Waals surface area contributed by atoms with E-state index in [-0.39, 0.29) is 24.0 Å². The number of hydrogen-bond donors (Lipinski definition) is 0. The molecule has 0 spiro atoms. The molecular formula is C10H16IN. The van der Waals surface area contributed by atoms with Gasteiger partial charge in [-0.25, -0.2) is 0 Å². The van der Waals surface area contributed by atoms with Gasteiger partial charge in [-0.1, -0.05) is 0 Å². The Morgan fingerprint density at radius 1 is 1.00 bits per heavy atom. The van der Waals surface area contributed by atoms with Gasteiger partial charge in [0.2, 0.25) is 0 Å². The Balaban J connectivity index is 0.000000490. The number of rotatable bonds is 0. The van der Waals surface area contributed by atoms with Gasteiger partial charge in [0.1, 0.15) is 0 Å². The molecule has 0 N–H and O–H groups in total. The molecule has 0 aromatic heterocycles. The zero-order valence-electron chi connectivity index (χ0n) is 7.54. The molecule has 2 aliphatic heterocycles. The van der Waals surface area contributed by atoms with Crippen LogP contribution in [0.4, 0.5) is 0 Å². The highest BCUT2D eigenvalue weighted by Crippen LogP contribution is 2.65. The Labute approximate surface area is 91.1 Å². The Kier molecular flexibility index (Phi) is 1.36. The Hall–Kier alpha value is 0.690. The van der Waals surface area contributed by atoms with Crippen LogP contribution in [0.25, 0.3) is 0 Å². The molecule has 0 aromatic carbocycles. The van der Waals surface area contributed by atoms with Gasteiger partial charge in [-0.2, -0.15) is 0 Å². The van der Waals surface area contributed by atoms with E-state index in [2.05, 4.69) is 7.05 Å². The van der Waals surface area contributed by atoms with Crippen LogP contribution in [0.2, 0.25) is 0 Å². The second-order valence-electron chi connectivity index (χ2n) is 5.63. The summed E-state index contributed by atoms with van der Waals surface area (Å²) in [6.45, 7) is 3.10. The molecule has 0 aromatic rings. The van der Waals surface area contributed by atoms with Crippen molar-refractivity contribution in [2.75, 3.05) is 20.1 Å². The lowest BCUT2D eigenvalue weighted by Crippen LogP contribution is -3.00. The maximum Gasteiger partial charge on any atom is 0.0924 e. The predicted octanol–water partition coefficient (Wildman–Crippen LogP) is -1.89. The van der Waals surface area contributed by atoms with E-state index < -0.39 is 0 Å². The summed E-state index contributed by atoms with van der Waals surface area (Å²) in [5.74, 6) is 4.73. The second-order valence-corrected chi connectivity index (χ2v) is 5.63. The van der Waals surface area contributed by atoms with Crippen LogP contribution in [0.1, 0.15) is 12.8 Å². The van der Waals surface area contributed by atoms with Crippen molar-refractivity contribution in [1.29, 1.82) is 0 Å². The summed E-state index contributed by atoms with van der Waals surface area (Å²) in [4.78, 5) is 0. The molecule has 0 amide bonds. The van der Waals surface area contributed by atoms with E-state index in [9.17, 15) is 0 Å². The minimum atomic E-state index is 0. The van der Waals surface area contributed by atoms with E-state index in [0.29, 0.717) is 0 Å². The average molecular weight is 277 g/mol. The molecule has 12 heavy (non-hydrogen) atoms. The van der Waals surface area contributed by atoms with Crippen molar-refractivity contribution in [3.8, 4) is 0 Å². The lowest BCUT2D eigenvalue weighted by Gasteiger charge is -2.41. The van der Waals surface area contributed by atoms with E-state index in [1.54, 1.807) is 25.9 Å². The minimum Gasteiger partial charge on any atom is -1.00 e. The normalized spacial score (nSPS) is 69.2. The van der Waals surface area contributed by atoms with Crippen LogP contribution in [-0.2, 0) is 0 Å². The molecule has 68 valence electrons. The van der Waals surface area contributed by atoms with Crippen LogP contribution >= 0.6 is 0 Å². The molecule has 6 atom stereocenters.